The normalized spacial score (nSPS) is 16.9. The molecule has 2 rings (SSSR count). The number of carbonyl (C=O) groups excluding carboxylic acids is 1. The molecule has 1 aliphatic heterocycles. The highest BCUT2D eigenvalue weighted by molar-refractivity contribution is 8.01. The van der Waals surface area contributed by atoms with Crippen molar-refractivity contribution < 1.29 is 22.7 Å². The first-order valence-corrected chi connectivity index (χ1v) is 8.87. The van der Waals surface area contributed by atoms with E-state index in [4.69, 9.17) is 4.74 Å². The van der Waals surface area contributed by atoms with E-state index in [2.05, 4.69) is 5.32 Å². The predicted octanol–water partition coefficient (Wildman–Crippen LogP) is 4.58. The summed E-state index contributed by atoms with van der Waals surface area (Å²) in [6.45, 7) is 5.09. The number of thioether (sulfide) groups is 1. The molecule has 1 N–H and O–H groups in total. The van der Waals surface area contributed by atoms with Crippen LogP contribution >= 0.6 is 11.8 Å². The number of anilines is 1. The zero-order valence-corrected chi connectivity index (χ0v) is 14.6. The van der Waals surface area contributed by atoms with Crippen LogP contribution in [0.3, 0.4) is 0 Å². The third-order valence-corrected chi connectivity index (χ3v) is 5.56. The average Bonchev–Trinajstić information content (AvgIpc) is 2.53. The minimum absolute atomic E-state index is 0.162. The second kappa shape index (κ2) is 7.78. The summed E-state index contributed by atoms with van der Waals surface area (Å²) in [6.07, 6.45) is -2.45. The standard InChI is InChI=1S/C17H22F3NO2S/c1-16(2,24-11-12-6-8-23-9-7-12)15(22)21-14-5-3-4-13(10-14)17(18,19)20/h3-5,10,12H,6-9,11H2,1-2H3,(H,21,22). The van der Waals surface area contributed by atoms with Gasteiger partial charge in [0.25, 0.3) is 0 Å². The van der Waals surface area contributed by atoms with Crippen molar-refractivity contribution in [2.24, 2.45) is 5.92 Å². The Morgan fingerprint density at radius 2 is 1.96 bits per heavy atom. The van der Waals surface area contributed by atoms with Crippen LogP contribution in [0.25, 0.3) is 0 Å². The molecule has 1 aromatic carbocycles. The number of benzene rings is 1. The fourth-order valence-electron chi connectivity index (χ4n) is 2.36. The number of amides is 1. The highest BCUT2D eigenvalue weighted by atomic mass is 32.2. The van der Waals surface area contributed by atoms with Crippen molar-refractivity contribution in [2.75, 3.05) is 24.3 Å². The van der Waals surface area contributed by atoms with Gasteiger partial charge in [0.05, 0.1) is 10.3 Å². The van der Waals surface area contributed by atoms with Crippen molar-refractivity contribution in [1.29, 1.82) is 0 Å². The second-order valence-corrected chi connectivity index (χ2v) is 8.05. The molecule has 134 valence electrons. The van der Waals surface area contributed by atoms with Crippen LogP contribution in [-0.2, 0) is 15.7 Å². The van der Waals surface area contributed by atoms with Crippen LogP contribution in [0.5, 0.6) is 0 Å². The Bertz CT molecular complexity index is 569. The van der Waals surface area contributed by atoms with Gasteiger partial charge in [0, 0.05) is 18.9 Å². The van der Waals surface area contributed by atoms with Gasteiger partial charge in [0.15, 0.2) is 0 Å². The van der Waals surface area contributed by atoms with Gasteiger partial charge in [0.1, 0.15) is 0 Å². The smallest absolute Gasteiger partial charge is 0.381 e. The van der Waals surface area contributed by atoms with Gasteiger partial charge in [-0.15, -0.1) is 11.8 Å². The van der Waals surface area contributed by atoms with Crippen LogP contribution in [0.2, 0.25) is 0 Å². The molecule has 7 heteroatoms. The van der Waals surface area contributed by atoms with E-state index >= 15 is 0 Å². The largest absolute Gasteiger partial charge is 0.416 e. The molecule has 1 amide bonds. The van der Waals surface area contributed by atoms with Gasteiger partial charge in [-0.05, 0) is 56.6 Å². The summed E-state index contributed by atoms with van der Waals surface area (Å²) in [5.41, 5.74) is -0.609. The Morgan fingerprint density at radius 1 is 1.29 bits per heavy atom. The first kappa shape index (κ1) is 19.1. The zero-order valence-electron chi connectivity index (χ0n) is 13.8. The molecule has 3 nitrogen and oxygen atoms in total. The Balaban J connectivity index is 1.94. The number of nitrogens with one attached hydrogen (secondary N) is 1. The summed E-state index contributed by atoms with van der Waals surface area (Å²) in [4.78, 5) is 12.4. The molecular formula is C17H22F3NO2S. The van der Waals surface area contributed by atoms with Crippen molar-refractivity contribution in [3.63, 3.8) is 0 Å². The molecular weight excluding hydrogens is 339 g/mol. The van der Waals surface area contributed by atoms with E-state index in [9.17, 15) is 18.0 Å². The van der Waals surface area contributed by atoms with Crippen molar-refractivity contribution in [2.45, 2.75) is 37.6 Å². The summed E-state index contributed by atoms with van der Waals surface area (Å²) in [5.74, 6) is 1.06. The van der Waals surface area contributed by atoms with Gasteiger partial charge in [-0.2, -0.15) is 13.2 Å². The minimum Gasteiger partial charge on any atom is -0.381 e. The third kappa shape index (κ3) is 5.41. The fourth-order valence-corrected chi connectivity index (χ4v) is 3.53. The van der Waals surface area contributed by atoms with Gasteiger partial charge in [-0.3, -0.25) is 4.79 Å². The Hall–Kier alpha value is -1.21. The van der Waals surface area contributed by atoms with Crippen LogP contribution in [-0.4, -0.2) is 29.6 Å². The molecule has 24 heavy (non-hydrogen) atoms. The van der Waals surface area contributed by atoms with Gasteiger partial charge < -0.3 is 10.1 Å². The van der Waals surface area contributed by atoms with E-state index < -0.39 is 16.5 Å². The molecule has 0 atom stereocenters. The SMILES string of the molecule is CC(C)(SCC1CCOCC1)C(=O)Nc1cccc(C(F)(F)F)c1. The maximum Gasteiger partial charge on any atom is 0.416 e. The summed E-state index contributed by atoms with van der Waals surface area (Å²) in [6, 6.07) is 4.70. The minimum atomic E-state index is -4.42. The lowest BCUT2D eigenvalue weighted by atomic mass is 10.0. The summed E-state index contributed by atoms with van der Waals surface area (Å²) < 4.78 is 42.8. The Labute approximate surface area is 144 Å². The topological polar surface area (TPSA) is 38.3 Å². The van der Waals surface area contributed by atoms with Gasteiger partial charge in [-0.1, -0.05) is 6.07 Å². The van der Waals surface area contributed by atoms with E-state index in [1.165, 1.54) is 23.9 Å². The molecule has 0 aromatic heterocycles. The lowest BCUT2D eigenvalue weighted by Gasteiger charge is -2.27. The molecule has 0 aliphatic carbocycles. The highest BCUT2D eigenvalue weighted by Crippen LogP contribution is 2.33. The van der Waals surface area contributed by atoms with Crippen LogP contribution in [0.4, 0.5) is 18.9 Å². The van der Waals surface area contributed by atoms with Crippen molar-refractivity contribution >= 4 is 23.4 Å². The molecule has 1 aromatic rings. The number of ether oxygens (including phenoxy) is 1. The first-order valence-electron chi connectivity index (χ1n) is 7.89. The molecule has 1 aliphatic rings. The maximum atomic E-state index is 12.7. The first-order chi connectivity index (χ1) is 11.2. The van der Waals surface area contributed by atoms with Crippen molar-refractivity contribution in [1.82, 2.24) is 0 Å². The van der Waals surface area contributed by atoms with Gasteiger partial charge in [-0.25, -0.2) is 0 Å². The predicted molar refractivity (Wildman–Crippen MR) is 90.2 cm³/mol. The van der Waals surface area contributed by atoms with E-state index in [0.717, 1.165) is 43.9 Å². The highest BCUT2D eigenvalue weighted by Gasteiger charge is 2.32. The summed E-state index contributed by atoms with van der Waals surface area (Å²) in [7, 11) is 0. The molecule has 0 spiro atoms. The molecule has 1 saturated heterocycles. The fraction of sp³-hybridized carbons (Fsp3) is 0.588. The second-order valence-electron chi connectivity index (χ2n) is 6.41. The van der Waals surface area contributed by atoms with Crippen LogP contribution in [0.1, 0.15) is 32.3 Å². The van der Waals surface area contributed by atoms with E-state index in [1.54, 1.807) is 13.8 Å². The monoisotopic (exact) mass is 361 g/mol. The number of hydrogen-bond donors (Lipinski definition) is 1. The van der Waals surface area contributed by atoms with E-state index in [0.29, 0.717) is 5.92 Å². The summed E-state index contributed by atoms with van der Waals surface area (Å²) in [5, 5.41) is 2.60. The molecule has 1 fully saturated rings. The lowest BCUT2D eigenvalue weighted by Crippen LogP contribution is -2.35. The molecule has 0 radical (unpaired) electrons. The van der Waals surface area contributed by atoms with Crippen LogP contribution in [0, 0.1) is 5.92 Å². The quantitative estimate of drug-likeness (QED) is 0.834. The van der Waals surface area contributed by atoms with Gasteiger partial charge in [0.2, 0.25) is 5.91 Å². The number of hydrogen-bond acceptors (Lipinski definition) is 3. The lowest BCUT2D eigenvalue weighted by molar-refractivity contribution is -0.137. The molecule has 0 saturated carbocycles. The number of alkyl halides is 3. The molecule has 0 bridgehead atoms. The van der Waals surface area contributed by atoms with Crippen molar-refractivity contribution in [3.05, 3.63) is 29.8 Å². The maximum absolute atomic E-state index is 12.7. The molecule has 1 heterocycles. The summed E-state index contributed by atoms with van der Waals surface area (Å²) >= 11 is 1.53. The Morgan fingerprint density at radius 3 is 2.58 bits per heavy atom. The zero-order chi connectivity index (χ0) is 17.8. The van der Waals surface area contributed by atoms with Crippen LogP contribution in [0.15, 0.2) is 24.3 Å². The number of rotatable bonds is 5. The van der Waals surface area contributed by atoms with E-state index in [1.807, 2.05) is 0 Å². The average molecular weight is 361 g/mol. The number of halogens is 3. The van der Waals surface area contributed by atoms with Gasteiger partial charge >= 0.3 is 6.18 Å². The third-order valence-electron chi connectivity index (χ3n) is 4.02. The van der Waals surface area contributed by atoms with E-state index in [-0.39, 0.29) is 11.6 Å². The van der Waals surface area contributed by atoms with Crippen molar-refractivity contribution in [3.8, 4) is 0 Å². The number of carbonyl (C=O) groups is 1. The van der Waals surface area contributed by atoms with Crippen LogP contribution < -0.4 is 5.32 Å². The Kier molecular flexibility index (Phi) is 6.20. The molecule has 0 unspecified atom stereocenters.